The maximum atomic E-state index is 8.31. The highest BCUT2D eigenvalue weighted by molar-refractivity contribution is 6.09. The van der Waals surface area contributed by atoms with Crippen molar-refractivity contribution in [2.24, 2.45) is 5.16 Å². The summed E-state index contributed by atoms with van der Waals surface area (Å²) in [7, 11) is 0. The monoisotopic (exact) mass is 165 g/mol. The van der Waals surface area contributed by atoms with E-state index in [1.807, 2.05) is 20.8 Å². The van der Waals surface area contributed by atoms with Gasteiger partial charge in [-0.25, -0.2) is 0 Å². The minimum atomic E-state index is -0.418. The normalized spacial score (nSPS) is 9.42. The first-order chi connectivity index (χ1) is 5.55. The second-order valence-electron chi connectivity index (χ2n) is 2.87. The molecule has 0 aromatic heterocycles. The standard InChI is InChI=1S/C8H11N3O/c1-4-8(2,3)12-11-7(5-9)6-10/h4H2,1-3H3. The Morgan fingerprint density at radius 3 is 2.25 bits per heavy atom. The number of hydrogen-bond donors (Lipinski definition) is 0. The van der Waals surface area contributed by atoms with Gasteiger partial charge in [0.1, 0.15) is 17.7 Å². The molecule has 64 valence electrons. The fourth-order valence-corrected chi connectivity index (χ4v) is 0.300. The van der Waals surface area contributed by atoms with Gasteiger partial charge in [0.25, 0.3) is 5.71 Å². The molecule has 0 N–H and O–H groups in total. The summed E-state index contributed by atoms with van der Waals surface area (Å²) >= 11 is 0. The Hall–Kier alpha value is -1.55. The molecule has 0 rings (SSSR count). The van der Waals surface area contributed by atoms with Gasteiger partial charge in [0.15, 0.2) is 0 Å². The summed E-state index contributed by atoms with van der Waals surface area (Å²) in [5.41, 5.74) is -0.671. The van der Waals surface area contributed by atoms with Gasteiger partial charge < -0.3 is 4.84 Å². The van der Waals surface area contributed by atoms with Crippen LogP contribution in [0.2, 0.25) is 0 Å². The SMILES string of the molecule is CCC(C)(C)ON=C(C#N)C#N. The van der Waals surface area contributed by atoms with Crippen LogP contribution >= 0.6 is 0 Å². The van der Waals surface area contributed by atoms with Crippen LogP contribution in [0.1, 0.15) is 27.2 Å². The Morgan fingerprint density at radius 2 is 1.92 bits per heavy atom. The van der Waals surface area contributed by atoms with Crippen molar-refractivity contribution in [2.45, 2.75) is 32.8 Å². The van der Waals surface area contributed by atoms with E-state index in [1.54, 1.807) is 12.1 Å². The van der Waals surface area contributed by atoms with E-state index in [-0.39, 0.29) is 5.71 Å². The van der Waals surface area contributed by atoms with E-state index in [2.05, 4.69) is 5.16 Å². The molecule has 0 atom stereocenters. The lowest BCUT2D eigenvalue weighted by Gasteiger charge is -2.19. The molecule has 0 aliphatic rings. The van der Waals surface area contributed by atoms with Crippen LogP contribution in [0.5, 0.6) is 0 Å². The van der Waals surface area contributed by atoms with E-state index >= 15 is 0 Å². The Labute approximate surface area is 72.0 Å². The average molecular weight is 165 g/mol. The molecular weight excluding hydrogens is 154 g/mol. The van der Waals surface area contributed by atoms with Crippen LogP contribution < -0.4 is 0 Å². The molecule has 0 spiro atoms. The number of oxime groups is 1. The largest absolute Gasteiger partial charge is 0.388 e. The van der Waals surface area contributed by atoms with Crippen LogP contribution in [-0.2, 0) is 4.84 Å². The van der Waals surface area contributed by atoms with Crippen LogP contribution in [0.25, 0.3) is 0 Å². The van der Waals surface area contributed by atoms with E-state index in [0.29, 0.717) is 0 Å². The third-order valence-electron chi connectivity index (χ3n) is 1.45. The van der Waals surface area contributed by atoms with Crippen molar-refractivity contribution in [2.75, 3.05) is 0 Å². The van der Waals surface area contributed by atoms with Gasteiger partial charge >= 0.3 is 0 Å². The highest BCUT2D eigenvalue weighted by Gasteiger charge is 2.16. The second-order valence-corrected chi connectivity index (χ2v) is 2.87. The van der Waals surface area contributed by atoms with Crippen LogP contribution in [0.15, 0.2) is 5.16 Å². The van der Waals surface area contributed by atoms with E-state index in [0.717, 1.165) is 6.42 Å². The van der Waals surface area contributed by atoms with E-state index < -0.39 is 5.60 Å². The number of nitrogens with zero attached hydrogens (tertiary/aromatic N) is 3. The van der Waals surface area contributed by atoms with Gasteiger partial charge in [0, 0.05) is 0 Å². The van der Waals surface area contributed by atoms with E-state index in [1.165, 1.54) is 0 Å². The Bertz CT molecular complexity index is 238. The molecule has 0 aliphatic carbocycles. The minimum absolute atomic E-state index is 0.253. The molecule has 0 saturated heterocycles. The summed E-state index contributed by atoms with van der Waals surface area (Å²) < 4.78 is 0. The molecule has 0 aromatic rings. The molecular formula is C8H11N3O. The minimum Gasteiger partial charge on any atom is -0.388 e. The van der Waals surface area contributed by atoms with Crippen molar-refractivity contribution < 1.29 is 4.84 Å². The zero-order valence-electron chi connectivity index (χ0n) is 7.46. The maximum absolute atomic E-state index is 8.31. The van der Waals surface area contributed by atoms with Crippen molar-refractivity contribution >= 4 is 5.71 Å². The third kappa shape index (κ3) is 3.58. The molecule has 0 heterocycles. The topological polar surface area (TPSA) is 69.2 Å². The lowest BCUT2D eigenvalue weighted by Crippen LogP contribution is -2.20. The van der Waals surface area contributed by atoms with Crippen LogP contribution in [0, 0.1) is 22.7 Å². The smallest absolute Gasteiger partial charge is 0.256 e. The molecule has 0 aliphatic heterocycles. The Morgan fingerprint density at radius 1 is 1.42 bits per heavy atom. The number of rotatable bonds is 3. The molecule has 0 saturated carbocycles. The third-order valence-corrected chi connectivity index (χ3v) is 1.45. The van der Waals surface area contributed by atoms with Gasteiger partial charge in [-0.05, 0) is 20.3 Å². The molecule has 4 heteroatoms. The summed E-state index contributed by atoms with van der Waals surface area (Å²) in [6.07, 6.45) is 0.765. The van der Waals surface area contributed by atoms with Crippen LogP contribution in [0.3, 0.4) is 0 Å². The summed E-state index contributed by atoms with van der Waals surface area (Å²) in [4.78, 5) is 4.97. The fraction of sp³-hybridized carbons (Fsp3) is 0.625. The van der Waals surface area contributed by atoms with Crippen LogP contribution in [-0.4, -0.2) is 11.3 Å². The highest BCUT2D eigenvalue weighted by atomic mass is 16.6. The first-order valence-electron chi connectivity index (χ1n) is 3.62. The molecule has 0 amide bonds. The molecule has 4 nitrogen and oxygen atoms in total. The van der Waals surface area contributed by atoms with E-state index in [4.69, 9.17) is 15.4 Å². The van der Waals surface area contributed by atoms with Gasteiger partial charge in [-0.15, -0.1) is 0 Å². The van der Waals surface area contributed by atoms with Crippen molar-refractivity contribution in [3.63, 3.8) is 0 Å². The van der Waals surface area contributed by atoms with Crippen molar-refractivity contribution in [3.8, 4) is 12.1 Å². The maximum Gasteiger partial charge on any atom is 0.256 e. The number of hydrogen-bond acceptors (Lipinski definition) is 4. The predicted octanol–water partition coefficient (Wildman–Crippen LogP) is 1.59. The van der Waals surface area contributed by atoms with Crippen LogP contribution in [0.4, 0.5) is 0 Å². The van der Waals surface area contributed by atoms with Gasteiger partial charge in [-0.2, -0.15) is 10.5 Å². The summed E-state index contributed by atoms with van der Waals surface area (Å²) in [5, 5.41) is 20.0. The van der Waals surface area contributed by atoms with Crippen molar-refractivity contribution in [3.05, 3.63) is 0 Å². The highest BCUT2D eigenvalue weighted by Crippen LogP contribution is 2.13. The first-order valence-corrected chi connectivity index (χ1v) is 3.62. The van der Waals surface area contributed by atoms with Gasteiger partial charge in [-0.1, -0.05) is 12.1 Å². The molecule has 0 fully saturated rings. The first kappa shape index (κ1) is 10.4. The predicted molar refractivity (Wildman–Crippen MR) is 44.1 cm³/mol. The van der Waals surface area contributed by atoms with E-state index in [9.17, 15) is 0 Å². The lowest BCUT2D eigenvalue weighted by atomic mass is 10.1. The quantitative estimate of drug-likeness (QED) is 0.471. The Balaban J connectivity index is 4.25. The lowest BCUT2D eigenvalue weighted by molar-refractivity contribution is -0.0163. The van der Waals surface area contributed by atoms with Crippen molar-refractivity contribution in [1.29, 1.82) is 10.5 Å². The summed E-state index contributed by atoms with van der Waals surface area (Å²) in [6.45, 7) is 5.61. The van der Waals surface area contributed by atoms with Gasteiger partial charge in [-0.3, -0.25) is 0 Å². The molecule has 0 radical (unpaired) electrons. The van der Waals surface area contributed by atoms with Gasteiger partial charge in [0.05, 0.1) is 0 Å². The Kier molecular flexibility index (Phi) is 3.79. The van der Waals surface area contributed by atoms with Crippen molar-refractivity contribution in [1.82, 2.24) is 0 Å². The zero-order chi connectivity index (χ0) is 9.61. The molecule has 0 unspecified atom stereocenters. The fourth-order valence-electron chi connectivity index (χ4n) is 0.300. The summed E-state index contributed by atoms with van der Waals surface area (Å²) in [6, 6.07) is 3.22. The molecule has 0 aromatic carbocycles. The summed E-state index contributed by atoms with van der Waals surface area (Å²) in [5.74, 6) is 0. The molecule has 12 heavy (non-hydrogen) atoms. The number of nitriles is 2. The zero-order valence-corrected chi connectivity index (χ0v) is 7.46. The average Bonchev–Trinajstić information content (AvgIpc) is 2.06. The van der Waals surface area contributed by atoms with Gasteiger partial charge in [0.2, 0.25) is 0 Å². The second kappa shape index (κ2) is 4.35. The molecule has 0 bridgehead atoms.